The summed E-state index contributed by atoms with van der Waals surface area (Å²) < 4.78 is 0. The van der Waals surface area contributed by atoms with E-state index in [9.17, 15) is 5.11 Å². The van der Waals surface area contributed by atoms with Crippen LogP contribution in [0.15, 0.2) is 24.3 Å². The maximum absolute atomic E-state index is 9.18. The second kappa shape index (κ2) is 3.81. The summed E-state index contributed by atoms with van der Waals surface area (Å²) in [5.74, 6) is 0.345. The highest BCUT2D eigenvalue weighted by Crippen LogP contribution is 2.24. The van der Waals surface area contributed by atoms with Gasteiger partial charge in [-0.1, -0.05) is 32.9 Å². The van der Waals surface area contributed by atoms with Gasteiger partial charge in [-0.25, -0.2) is 0 Å². The molecule has 0 atom stereocenters. The minimum Gasteiger partial charge on any atom is -0.508 e. The number of rotatable bonds is 0. The zero-order valence-electron chi connectivity index (χ0n) is 7.66. The fraction of sp³-hybridized carbons (Fsp3) is 0.400. The van der Waals surface area contributed by atoms with Gasteiger partial charge in [0.05, 0.1) is 0 Å². The second-order valence-corrected chi connectivity index (χ2v) is 3.80. The van der Waals surface area contributed by atoms with Gasteiger partial charge in [-0.05, 0) is 23.1 Å². The normalized spacial score (nSPS) is 10.6. The van der Waals surface area contributed by atoms with Crippen molar-refractivity contribution >= 4 is 12.4 Å². The zero-order valence-corrected chi connectivity index (χ0v) is 8.48. The third-order valence-electron chi connectivity index (χ3n) is 1.71. The molecule has 1 aromatic carbocycles. The Hall–Kier alpha value is -0.690. The van der Waals surface area contributed by atoms with E-state index >= 15 is 0 Å². The van der Waals surface area contributed by atoms with E-state index in [0.717, 1.165) is 5.56 Å². The molecular weight excluding hydrogens is 172 g/mol. The van der Waals surface area contributed by atoms with E-state index < -0.39 is 0 Å². The summed E-state index contributed by atoms with van der Waals surface area (Å²) in [7, 11) is 0. The van der Waals surface area contributed by atoms with Crippen LogP contribution >= 0.6 is 12.4 Å². The molecule has 0 fully saturated rings. The van der Waals surface area contributed by atoms with E-state index in [1.165, 1.54) is 0 Å². The minimum atomic E-state index is 0. The Kier molecular flexibility index (Phi) is 3.59. The Morgan fingerprint density at radius 2 is 1.75 bits per heavy atom. The topological polar surface area (TPSA) is 20.2 Å². The summed E-state index contributed by atoms with van der Waals surface area (Å²) in [6.07, 6.45) is 0. The maximum Gasteiger partial charge on any atom is 0.115 e. The van der Waals surface area contributed by atoms with Gasteiger partial charge < -0.3 is 5.11 Å². The fourth-order valence-corrected chi connectivity index (χ4v) is 0.972. The van der Waals surface area contributed by atoms with Gasteiger partial charge in [0.1, 0.15) is 5.75 Å². The number of benzene rings is 1. The third kappa shape index (κ3) is 2.74. The van der Waals surface area contributed by atoms with Gasteiger partial charge in [-0.15, -0.1) is 12.4 Å². The molecule has 0 radical (unpaired) electrons. The summed E-state index contributed by atoms with van der Waals surface area (Å²) >= 11 is 0. The number of phenolic OH excluding ortho intramolecular Hbond substituents is 1. The molecule has 68 valence electrons. The summed E-state index contributed by atoms with van der Waals surface area (Å²) in [6.45, 7) is 6.38. The van der Waals surface area contributed by atoms with Crippen LogP contribution < -0.4 is 0 Å². The summed E-state index contributed by atoms with van der Waals surface area (Å²) in [6, 6.07) is 7.39. The van der Waals surface area contributed by atoms with Crippen LogP contribution in [0.25, 0.3) is 0 Å². The molecule has 1 nitrogen and oxygen atoms in total. The molecule has 1 N–H and O–H groups in total. The Balaban J connectivity index is 0.00000121. The van der Waals surface area contributed by atoms with Gasteiger partial charge in [0, 0.05) is 0 Å². The molecule has 0 heterocycles. The molecule has 0 amide bonds. The lowest BCUT2D eigenvalue weighted by molar-refractivity contribution is 0.471. The Morgan fingerprint density at radius 1 is 1.17 bits per heavy atom. The highest BCUT2D eigenvalue weighted by atomic mass is 35.5. The molecule has 0 saturated carbocycles. The van der Waals surface area contributed by atoms with Crippen LogP contribution in [0, 0.1) is 0 Å². The number of aromatic hydroxyl groups is 1. The quantitative estimate of drug-likeness (QED) is 0.660. The Labute approximate surface area is 79.8 Å². The summed E-state index contributed by atoms with van der Waals surface area (Å²) in [5, 5.41) is 9.18. The summed E-state index contributed by atoms with van der Waals surface area (Å²) in [4.78, 5) is 0. The predicted molar refractivity (Wildman–Crippen MR) is 54.1 cm³/mol. The van der Waals surface area contributed by atoms with E-state index in [-0.39, 0.29) is 17.8 Å². The highest BCUT2D eigenvalue weighted by molar-refractivity contribution is 5.85. The van der Waals surface area contributed by atoms with Crippen LogP contribution in [0.1, 0.15) is 26.3 Å². The van der Waals surface area contributed by atoms with E-state index in [0.29, 0.717) is 5.75 Å². The number of hydrogen-bond donors (Lipinski definition) is 1. The number of hydrogen-bond acceptors (Lipinski definition) is 1. The molecule has 1 aromatic rings. The lowest BCUT2D eigenvalue weighted by Gasteiger charge is -2.18. The molecule has 12 heavy (non-hydrogen) atoms. The first kappa shape index (κ1) is 11.3. The molecule has 0 unspecified atom stereocenters. The molecule has 0 bridgehead atoms. The van der Waals surface area contributed by atoms with Gasteiger partial charge in [-0.2, -0.15) is 0 Å². The van der Waals surface area contributed by atoms with Crippen molar-refractivity contribution in [3.8, 4) is 5.75 Å². The first-order valence-corrected chi connectivity index (χ1v) is 3.79. The molecule has 1 rings (SSSR count). The van der Waals surface area contributed by atoms with Crippen molar-refractivity contribution < 1.29 is 5.11 Å². The van der Waals surface area contributed by atoms with Crippen LogP contribution in [-0.2, 0) is 5.41 Å². The number of phenols is 1. The lowest BCUT2D eigenvalue weighted by atomic mass is 9.87. The van der Waals surface area contributed by atoms with Gasteiger partial charge in [0.2, 0.25) is 0 Å². The van der Waals surface area contributed by atoms with Crippen molar-refractivity contribution in [2.24, 2.45) is 0 Å². The van der Waals surface area contributed by atoms with Gasteiger partial charge >= 0.3 is 0 Å². The molecule has 2 heteroatoms. The third-order valence-corrected chi connectivity index (χ3v) is 1.71. The largest absolute Gasteiger partial charge is 0.508 e. The fourth-order valence-electron chi connectivity index (χ4n) is 0.972. The molecule has 0 aliphatic heterocycles. The van der Waals surface area contributed by atoms with Gasteiger partial charge in [-0.3, -0.25) is 0 Å². The van der Waals surface area contributed by atoms with Crippen molar-refractivity contribution in [2.75, 3.05) is 0 Å². The Bertz CT molecular complexity index is 250. The summed E-state index contributed by atoms with van der Waals surface area (Å²) in [5.41, 5.74) is 1.29. The van der Waals surface area contributed by atoms with Crippen molar-refractivity contribution in [1.29, 1.82) is 0 Å². The average Bonchev–Trinajstić information content (AvgIpc) is 1.86. The van der Waals surface area contributed by atoms with Crippen LogP contribution in [0.3, 0.4) is 0 Å². The van der Waals surface area contributed by atoms with Crippen LogP contribution in [-0.4, -0.2) is 5.11 Å². The van der Waals surface area contributed by atoms with Crippen LogP contribution in [0.5, 0.6) is 5.75 Å². The molecule has 0 spiro atoms. The van der Waals surface area contributed by atoms with Gasteiger partial charge in [0.15, 0.2) is 0 Å². The van der Waals surface area contributed by atoms with Crippen molar-refractivity contribution in [1.82, 2.24) is 0 Å². The average molecular weight is 187 g/mol. The highest BCUT2D eigenvalue weighted by Gasteiger charge is 2.12. The predicted octanol–water partition coefficient (Wildman–Crippen LogP) is 3.11. The smallest absolute Gasteiger partial charge is 0.115 e. The van der Waals surface area contributed by atoms with Gasteiger partial charge in [0.25, 0.3) is 0 Å². The molecule has 0 saturated heterocycles. The van der Waals surface area contributed by atoms with Crippen molar-refractivity contribution in [3.63, 3.8) is 0 Å². The van der Waals surface area contributed by atoms with Crippen molar-refractivity contribution in [2.45, 2.75) is 26.2 Å². The SMILES string of the molecule is CC(C)(C)c1cccc(O)c1.Cl. The monoisotopic (exact) mass is 186 g/mol. The first-order chi connectivity index (χ1) is 5.00. The maximum atomic E-state index is 9.18. The number of halogens is 1. The first-order valence-electron chi connectivity index (χ1n) is 3.79. The van der Waals surface area contributed by atoms with E-state index in [1.807, 2.05) is 12.1 Å². The van der Waals surface area contributed by atoms with E-state index in [4.69, 9.17) is 0 Å². The molecule has 0 aliphatic rings. The Morgan fingerprint density at radius 3 is 2.08 bits per heavy atom. The van der Waals surface area contributed by atoms with Crippen LogP contribution in [0.4, 0.5) is 0 Å². The van der Waals surface area contributed by atoms with Crippen LogP contribution in [0.2, 0.25) is 0 Å². The standard InChI is InChI=1S/C10H14O.ClH/c1-10(2,3)8-5-4-6-9(11)7-8;/h4-7,11H,1-3H3;1H. The lowest BCUT2D eigenvalue weighted by Crippen LogP contribution is -2.10. The molecule has 0 aromatic heterocycles. The van der Waals surface area contributed by atoms with Crippen molar-refractivity contribution in [3.05, 3.63) is 29.8 Å². The van der Waals surface area contributed by atoms with E-state index in [2.05, 4.69) is 20.8 Å². The molecule has 0 aliphatic carbocycles. The second-order valence-electron chi connectivity index (χ2n) is 3.80. The minimum absolute atomic E-state index is 0. The van der Waals surface area contributed by atoms with E-state index in [1.54, 1.807) is 12.1 Å². The molecular formula is C10H15ClO. The zero-order chi connectivity index (χ0) is 8.48.